The Balaban J connectivity index is 2.47. The first-order chi connectivity index (χ1) is 7.77. The first kappa shape index (κ1) is 11.0. The van der Waals surface area contributed by atoms with Gasteiger partial charge in [-0.15, -0.1) is 11.3 Å². The summed E-state index contributed by atoms with van der Waals surface area (Å²) in [6, 6.07) is 1.95. The first-order valence-corrected chi connectivity index (χ1v) is 6.10. The maximum absolute atomic E-state index is 5.85. The van der Waals surface area contributed by atoms with Crippen molar-refractivity contribution in [1.82, 2.24) is 10.2 Å². The highest BCUT2D eigenvalue weighted by Gasteiger charge is 2.16. The van der Waals surface area contributed by atoms with Gasteiger partial charge in [0.2, 0.25) is 0 Å². The van der Waals surface area contributed by atoms with Crippen LogP contribution in [0.5, 0.6) is 5.75 Å². The number of nitrogens with two attached hydrogens (primary N) is 1. The molecule has 5 heteroatoms. The molecule has 0 radical (unpaired) electrons. The summed E-state index contributed by atoms with van der Waals surface area (Å²) in [6.07, 6.45) is 1.98. The average Bonchev–Trinajstić information content (AvgIpc) is 2.87. The van der Waals surface area contributed by atoms with Crippen molar-refractivity contribution in [3.05, 3.63) is 17.0 Å². The molecule has 0 aromatic carbocycles. The van der Waals surface area contributed by atoms with Gasteiger partial charge in [0.25, 0.3) is 0 Å². The number of anilines is 1. The number of aromatic amines is 1. The Labute approximate surface area is 98.4 Å². The fourth-order valence-electron chi connectivity index (χ4n) is 1.71. The van der Waals surface area contributed by atoms with Crippen LogP contribution in [0.3, 0.4) is 0 Å². The number of H-pyrrole nitrogens is 1. The molecular formula is C11H15N3OS. The van der Waals surface area contributed by atoms with Crippen molar-refractivity contribution in [2.24, 2.45) is 0 Å². The Morgan fingerprint density at radius 2 is 2.38 bits per heavy atom. The molecule has 0 spiro atoms. The Morgan fingerprint density at radius 1 is 1.56 bits per heavy atom. The van der Waals surface area contributed by atoms with E-state index in [4.69, 9.17) is 10.5 Å². The Bertz CT molecular complexity index is 475. The predicted molar refractivity (Wildman–Crippen MR) is 66.9 cm³/mol. The monoisotopic (exact) mass is 237 g/mol. The fourth-order valence-corrected chi connectivity index (χ4v) is 2.59. The van der Waals surface area contributed by atoms with Gasteiger partial charge in [0, 0.05) is 5.56 Å². The minimum atomic E-state index is 0.590. The van der Waals surface area contributed by atoms with E-state index in [-0.39, 0.29) is 0 Å². The molecule has 2 aromatic heterocycles. The zero-order valence-corrected chi connectivity index (χ0v) is 10.2. The van der Waals surface area contributed by atoms with Crippen LogP contribution in [-0.2, 0) is 6.42 Å². The van der Waals surface area contributed by atoms with Gasteiger partial charge in [-0.25, -0.2) is 0 Å². The number of nitrogen functional groups attached to an aromatic ring is 1. The predicted octanol–water partition coefficient (Wildman–Crippen LogP) is 2.68. The minimum Gasteiger partial charge on any atom is -0.495 e. The second-order valence-corrected chi connectivity index (χ2v) is 4.45. The normalized spacial score (nSPS) is 10.6. The Morgan fingerprint density at radius 3 is 3.06 bits per heavy atom. The molecule has 0 bridgehead atoms. The van der Waals surface area contributed by atoms with Crippen LogP contribution in [0.15, 0.2) is 11.4 Å². The smallest absolute Gasteiger partial charge is 0.149 e. The number of hydrogen-bond acceptors (Lipinski definition) is 4. The largest absolute Gasteiger partial charge is 0.495 e. The SMILES string of the molecule is CCCc1c(N)n[nH]c1-c1sccc1OC. The molecule has 0 saturated heterocycles. The van der Waals surface area contributed by atoms with Crippen LogP contribution in [0.2, 0.25) is 0 Å². The van der Waals surface area contributed by atoms with Crippen LogP contribution < -0.4 is 10.5 Å². The summed E-state index contributed by atoms with van der Waals surface area (Å²) in [7, 11) is 1.67. The van der Waals surface area contributed by atoms with Gasteiger partial charge in [-0.3, -0.25) is 5.10 Å². The van der Waals surface area contributed by atoms with Crippen molar-refractivity contribution in [3.63, 3.8) is 0 Å². The number of rotatable bonds is 4. The van der Waals surface area contributed by atoms with Crippen LogP contribution >= 0.6 is 11.3 Å². The van der Waals surface area contributed by atoms with Crippen molar-refractivity contribution in [3.8, 4) is 16.3 Å². The van der Waals surface area contributed by atoms with Crippen LogP contribution in [-0.4, -0.2) is 17.3 Å². The van der Waals surface area contributed by atoms with Gasteiger partial charge in [0.1, 0.15) is 11.6 Å². The Kier molecular flexibility index (Phi) is 3.14. The van der Waals surface area contributed by atoms with E-state index in [0.29, 0.717) is 5.82 Å². The van der Waals surface area contributed by atoms with E-state index in [2.05, 4.69) is 17.1 Å². The molecule has 3 N–H and O–H groups in total. The van der Waals surface area contributed by atoms with Crippen molar-refractivity contribution in [2.45, 2.75) is 19.8 Å². The lowest BCUT2D eigenvalue weighted by Crippen LogP contribution is -1.92. The average molecular weight is 237 g/mol. The summed E-state index contributed by atoms with van der Waals surface area (Å²) in [4.78, 5) is 1.06. The van der Waals surface area contributed by atoms with E-state index in [9.17, 15) is 0 Å². The van der Waals surface area contributed by atoms with E-state index in [1.54, 1.807) is 18.4 Å². The first-order valence-electron chi connectivity index (χ1n) is 5.22. The van der Waals surface area contributed by atoms with Crippen molar-refractivity contribution in [1.29, 1.82) is 0 Å². The Hall–Kier alpha value is -1.49. The quantitative estimate of drug-likeness (QED) is 0.859. The fraction of sp³-hybridized carbons (Fsp3) is 0.364. The molecule has 2 heterocycles. The number of nitrogens with one attached hydrogen (secondary N) is 1. The lowest BCUT2D eigenvalue weighted by Gasteiger charge is -2.03. The molecular weight excluding hydrogens is 222 g/mol. The zero-order chi connectivity index (χ0) is 11.5. The molecule has 0 amide bonds. The number of thiophene rings is 1. The highest BCUT2D eigenvalue weighted by molar-refractivity contribution is 7.14. The third kappa shape index (κ3) is 1.78. The number of methoxy groups -OCH3 is 1. The zero-order valence-electron chi connectivity index (χ0n) is 9.41. The summed E-state index contributed by atoms with van der Waals surface area (Å²) >= 11 is 1.63. The summed E-state index contributed by atoms with van der Waals surface area (Å²) in [5.41, 5.74) is 7.92. The number of nitrogens with zero attached hydrogens (tertiary/aromatic N) is 1. The summed E-state index contributed by atoms with van der Waals surface area (Å²) in [5.74, 6) is 1.46. The van der Waals surface area contributed by atoms with Crippen LogP contribution in [0.4, 0.5) is 5.82 Å². The lowest BCUT2D eigenvalue weighted by molar-refractivity contribution is 0.418. The van der Waals surface area contributed by atoms with Crippen molar-refractivity contribution < 1.29 is 4.74 Å². The van der Waals surface area contributed by atoms with E-state index in [0.717, 1.165) is 34.7 Å². The van der Waals surface area contributed by atoms with E-state index in [1.165, 1.54) is 0 Å². The highest BCUT2D eigenvalue weighted by atomic mass is 32.1. The molecule has 0 fully saturated rings. The lowest BCUT2D eigenvalue weighted by atomic mass is 10.1. The molecule has 16 heavy (non-hydrogen) atoms. The maximum atomic E-state index is 5.85. The van der Waals surface area contributed by atoms with Gasteiger partial charge >= 0.3 is 0 Å². The van der Waals surface area contributed by atoms with Crippen LogP contribution in [0.1, 0.15) is 18.9 Å². The van der Waals surface area contributed by atoms with E-state index in [1.807, 2.05) is 11.4 Å². The van der Waals surface area contributed by atoms with E-state index >= 15 is 0 Å². The molecule has 86 valence electrons. The topological polar surface area (TPSA) is 63.9 Å². The molecule has 0 atom stereocenters. The summed E-state index contributed by atoms with van der Waals surface area (Å²) in [5, 5.41) is 9.06. The van der Waals surface area contributed by atoms with Crippen LogP contribution in [0.25, 0.3) is 10.6 Å². The molecule has 0 saturated carbocycles. The molecule has 0 aliphatic rings. The van der Waals surface area contributed by atoms with E-state index < -0.39 is 0 Å². The summed E-state index contributed by atoms with van der Waals surface area (Å²) < 4.78 is 5.30. The number of aromatic nitrogens is 2. The second-order valence-electron chi connectivity index (χ2n) is 3.53. The molecule has 2 aromatic rings. The summed E-state index contributed by atoms with van der Waals surface area (Å²) in [6.45, 7) is 2.13. The standard InChI is InChI=1S/C11H15N3OS/c1-3-4-7-9(13-14-11(7)12)10-8(15-2)5-6-16-10/h5-6H,3-4H2,1-2H3,(H3,12,13,14). The van der Waals surface area contributed by atoms with Crippen molar-refractivity contribution >= 4 is 17.2 Å². The molecule has 0 aliphatic carbocycles. The minimum absolute atomic E-state index is 0.590. The highest BCUT2D eigenvalue weighted by Crippen LogP contribution is 2.37. The van der Waals surface area contributed by atoms with Gasteiger partial charge in [-0.2, -0.15) is 5.10 Å². The third-order valence-corrected chi connectivity index (χ3v) is 3.39. The van der Waals surface area contributed by atoms with Gasteiger partial charge in [0.05, 0.1) is 17.7 Å². The molecule has 0 unspecified atom stereocenters. The maximum Gasteiger partial charge on any atom is 0.149 e. The van der Waals surface area contributed by atoms with Gasteiger partial charge in [-0.05, 0) is 17.9 Å². The van der Waals surface area contributed by atoms with Gasteiger partial charge < -0.3 is 10.5 Å². The number of hydrogen-bond donors (Lipinski definition) is 2. The van der Waals surface area contributed by atoms with Crippen molar-refractivity contribution in [2.75, 3.05) is 12.8 Å². The molecule has 0 aliphatic heterocycles. The second kappa shape index (κ2) is 4.57. The number of ether oxygens (including phenoxy) is 1. The molecule has 2 rings (SSSR count). The third-order valence-electron chi connectivity index (χ3n) is 2.48. The van der Waals surface area contributed by atoms with Gasteiger partial charge in [0.15, 0.2) is 0 Å². The van der Waals surface area contributed by atoms with Crippen LogP contribution in [0, 0.1) is 0 Å². The van der Waals surface area contributed by atoms with Gasteiger partial charge in [-0.1, -0.05) is 13.3 Å². The molecule has 4 nitrogen and oxygen atoms in total.